The molecule has 1 aliphatic heterocycles. The number of nitrogens with zero attached hydrogens (tertiary/aromatic N) is 2. The van der Waals surface area contributed by atoms with Crippen LogP contribution in [0.3, 0.4) is 0 Å². The van der Waals surface area contributed by atoms with Crippen LogP contribution in [-0.2, 0) is 21.4 Å². The minimum Gasteiger partial charge on any atom is -0.481 e. The summed E-state index contributed by atoms with van der Waals surface area (Å²) < 4.78 is 34.1. The molecular formula is C28H26N2O5S2. The van der Waals surface area contributed by atoms with E-state index >= 15 is 0 Å². The highest BCUT2D eigenvalue weighted by Crippen LogP contribution is 2.33. The molecule has 0 fully saturated rings. The lowest BCUT2D eigenvalue weighted by Crippen LogP contribution is -2.50. The van der Waals surface area contributed by atoms with Crippen molar-refractivity contribution in [3.63, 3.8) is 0 Å². The number of carboxylic acids is 1. The van der Waals surface area contributed by atoms with Crippen LogP contribution in [0.5, 0.6) is 5.75 Å². The van der Waals surface area contributed by atoms with Crippen molar-refractivity contribution in [1.82, 2.24) is 4.31 Å². The number of carboxylic acid groups (broad SMARTS) is 1. The van der Waals surface area contributed by atoms with Gasteiger partial charge in [0, 0.05) is 17.8 Å². The SMILES string of the molecule is CC#CCOc1ccc(S(=O)(=O)N2Cc3ccccc3N(C(=S)c3ccccc3C)CC2C(=O)O)cc1. The van der Waals surface area contributed by atoms with Gasteiger partial charge in [-0.15, -0.1) is 5.92 Å². The van der Waals surface area contributed by atoms with E-state index in [1.165, 1.54) is 24.3 Å². The molecular weight excluding hydrogens is 508 g/mol. The van der Waals surface area contributed by atoms with E-state index in [-0.39, 0.29) is 24.6 Å². The average Bonchev–Trinajstić information content (AvgIpc) is 3.07. The largest absolute Gasteiger partial charge is 0.481 e. The Morgan fingerprint density at radius 1 is 1.08 bits per heavy atom. The highest BCUT2D eigenvalue weighted by atomic mass is 32.2. The van der Waals surface area contributed by atoms with E-state index in [9.17, 15) is 18.3 Å². The van der Waals surface area contributed by atoms with E-state index in [0.29, 0.717) is 22.0 Å². The Morgan fingerprint density at radius 3 is 2.43 bits per heavy atom. The maximum absolute atomic E-state index is 13.8. The van der Waals surface area contributed by atoms with E-state index in [2.05, 4.69) is 11.8 Å². The van der Waals surface area contributed by atoms with Crippen molar-refractivity contribution >= 4 is 38.9 Å². The molecule has 3 aromatic rings. The summed E-state index contributed by atoms with van der Waals surface area (Å²) in [6, 6.07) is 19.3. The van der Waals surface area contributed by atoms with E-state index in [4.69, 9.17) is 17.0 Å². The van der Waals surface area contributed by atoms with E-state index < -0.39 is 22.0 Å². The monoisotopic (exact) mass is 534 g/mol. The van der Waals surface area contributed by atoms with Crippen molar-refractivity contribution in [2.24, 2.45) is 0 Å². The van der Waals surface area contributed by atoms with Gasteiger partial charge in [0.2, 0.25) is 10.0 Å². The fourth-order valence-corrected chi connectivity index (χ4v) is 6.14. The Bertz CT molecular complexity index is 1490. The number of aliphatic carboxylic acids is 1. The lowest BCUT2D eigenvalue weighted by Gasteiger charge is -2.30. The number of rotatable bonds is 6. The Labute approximate surface area is 222 Å². The Balaban J connectivity index is 1.74. The van der Waals surface area contributed by atoms with Crippen molar-refractivity contribution in [1.29, 1.82) is 0 Å². The van der Waals surface area contributed by atoms with Crippen LogP contribution in [0.2, 0.25) is 0 Å². The van der Waals surface area contributed by atoms with Crippen molar-refractivity contribution in [2.75, 3.05) is 18.1 Å². The molecule has 0 aromatic heterocycles. The van der Waals surface area contributed by atoms with Gasteiger partial charge in [0.1, 0.15) is 23.4 Å². The number of fused-ring (bicyclic) bond motifs is 1. The van der Waals surface area contributed by atoms with Crippen LogP contribution in [0.15, 0.2) is 77.7 Å². The van der Waals surface area contributed by atoms with Crippen LogP contribution in [0.4, 0.5) is 5.69 Å². The lowest BCUT2D eigenvalue weighted by atomic mass is 10.1. The summed E-state index contributed by atoms with van der Waals surface area (Å²) in [6.07, 6.45) is 0. The smallest absolute Gasteiger partial charge is 0.323 e. The Morgan fingerprint density at radius 2 is 1.76 bits per heavy atom. The average molecular weight is 535 g/mol. The molecule has 190 valence electrons. The zero-order chi connectivity index (χ0) is 26.6. The summed E-state index contributed by atoms with van der Waals surface area (Å²) in [5, 5.41) is 10.2. The van der Waals surface area contributed by atoms with Gasteiger partial charge in [-0.25, -0.2) is 8.42 Å². The Kier molecular flexibility index (Phi) is 7.93. The molecule has 0 saturated heterocycles. The second-order valence-electron chi connectivity index (χ2n) is 8.45. The van der Waals surface area contributed by atoms with Crippen molar-refractivity contribution in [3.05, 3.63) is 89.5 Å². The van der Waals surface area contributed by atoms with Crippen LogP contribution in [0, 0.1) is 18.8 Å². The number of para-hydroxylation sites is 1. The lowest BCUT2D eigenvalue weighted by molar-refractivity contribution is -0.141. The molecule has 0 aliphatic carbocycles. The molecule has 4 rings (SSSR count). The molecule has 0 spiro atoms. The predicted octanol–water partition coefficient (Wildman–Crippen LogP) is 4.24. The Hall–Kier alpha value is -3.71. The third kappa shape index (κ3) is 5.52. The summed E-state index contributed by atoms with van der Waals surface area (Å²) >= 11 is 5.83. The van der Waals surface area contributed by atoms with E-state index in [1.54, 1.807) is 24.0 Å². The highest BCUT2D eigenvalue weighted by molar-refractivity contribution is 7.89. The molecule has 3 aromatic carbocycles. The minimum atomic E-state index is -4.19. The summed E-state index contributed by atoms with van der Waals surface area (Å²) in [7, 11) is -4.19. The van der Waals surface area contributed by atoms with Gasteiger partial charge in [-0.3, -0.25) is 4.79 Å². The van der Waals surface area contributed by atoms with Crippen LogP contribution >= 0.6 is 12.2 Å². The zero-order valence-electron chi connectivity index (χ0n) is 20.4. The molecule has 1 N–H and O–H groups in total. The van der Waals surface area contributed by atoms with Gasteiger partial charge in [0.15, 0.2) is 0 Å². The number of carbonyl (C=O) groups is 1. The topological polar surface area (TPSA) is 87.2 Å². The maximum atomic E-state index is 13.8. The van der Waals surface area contributed by atoms with Gasteiger partial charge < -0.3 is 14.7 Å². The van der Waals surface area contributed by atoms with Gasteiger partial charge in [-0.05, 0) is 55.3 Å². The van der Waals surface area contributed by atoms with E-state index in [1.807, 2.05) is 43.3 Å². The number of anilines is 1. The van der Waals surface area contributed by atoms with Crippen LogP contribution in [0.1, 0.15) is 23.6 Å². The molecule has 37 heavy (non-hydrogen) atoms. The van der Waals surface area contributed by atoms with E-state index in [0.717, 1.165) is 15.4 Å². The fourth-order valence-electron chi connectivity index (χ4n) is 4.19. The molecule has 0 saturated carbocycles. The zero-order valence-corrected chi connectivity index (χ0v) is 22.1. The first-order valence-corrected chi connectivity index (χ1v) is 13.4. The fraction of sp³-hybridized carbons (Fsp3) is 0.214. The molecule has 1 atom stereocenters. The number of hydrogen-bond acceptors (Lipinski definition) is 5. The van der Waals surface area contributed by atoms with Crippen LogP contribution in [-0.4, -0.2) is 48.0 Å². The van der Waals surface area contributed by atoms with Gasteiger partial charge >= 0.3 is 5.97 Å². The molecule has 1 heterocycles. The third-order valence-electron chi connectivity index (χ3n) is 6.14. The molecule has 1 unspecified atom stereocenters. The number of hydrogen-bond donors (Lipinski definition) is 1. The molecule has 9 heteroatoms. The number of aryl methyl sites for hydroxylation is 1. The summed E-state index contributed by atoms with van der Waals surface area (Å²) in [4.78, 5) is 14.6. The quantitative estimate of drug-likeness (QED) is 0.374. The van der Waals surface area contributed by atoms with Crippen molar-refractivity contribution in [2.45, 2.75) is 31.3 Å². The maximum Gasteiger partial charge on any atom is 0.323 e. The minimum absolute atomic E-state index is 0.0277. The first-order valence-electron chi connectivity index (χ1n) is 11.6. The summed E-state index contributed by atoms with van der Waals surface area (Å²) in [5.41, 5.74) is 3.07. The highest BCUT2D eigenvalue weighted by Gasteiger charge is 2.41. The van der Waals surface area contributed by atoms with Crippen molar-refractivity contribution in [3.8, 4) is 17.6 Å². The van der Waals surface area contributed by atoms with Crippen LogP contribution < -0.4 is 9.64 Å². The normalized spacial score (nSPS) is 15.6. The molecule has 0 amide bonds. The van der Waals surface area contributed by atoms with Crippen LogP contribution in [0.25, 0.3) is 0 Å². The molecule has 1 aliphatic rings. The first kappa shape index (κ1) is 26.4. The second-order valence-corrected chi connectivity index (χ2v) is 10.7. The standard InChI is InChI=1S/C28H26N2O5S2/c1-3-4-17-35-22-13-15-23(16-14-22)37(33,34)30-18-21-10-6-8-12-25(21)29(19-26(30)28(31)32)27(36)24-11-7-5-9-20(24)2/h5-16,26H,17-19H2,1-2H3,(H,31,32). The number of benzene rings is 3. The number of thiocarbonyl (C=S) groups is 1. The number of ether oxygens (including phenoxy) is 1. The number of sulfonamides is 1. The molecule has 7 nitrogen and oxygen atoms in total. The first-order chi connectivity index (χ1) is 17.7. The van der Waals surface area contributed by atoms with Gasteiger partial charge in [-0.2, -0.15) is 4.31 Å². The molecule has 0 bridgehead atoms. The van der Waals surface area contributed by atoms with Gasteiger partial charge in [0.25, 0.3) is 0 Å². The second kappa shape index (κ2) is 11.1. The van der Waals surface area contributed by atoms with Gasteiger partial charge in [0.05, 0.1) is 11.4 Å². The summed E-state index contributed by atoms with van der Waals surface area (Å²) in [5.74, 6) is 4.71. The molecule has 0 radical (unpaired) electrons. The summed E-state index contributed by atoms with van der Waals surface area (Å²) in [6.45, 7) is 3.55. The van der Waals surface area contributed by atoms with Crippen molar-refractivity contribution < 1.29 is 23.1 Å². The third-order valence-corrected chi connectivity index (χ3v) is 8.44. The van der Waals surface area contributed by atoms with Gasteiger partial charge in [-0.1, -0.05) is 60.6 Å². The predicted molar refractivity (Wildman–Crippen MR) is 146 cm³/mol.